The van der Waals surface area contributed by atoms with Gasteiger partial charge in [-0.15, -0.1) is 0 Å². The van der Waals surface area contributed by atoms with Crippen molar-refractivity contribution in [2.24, 2.45) is 5.92 Å². The zero-order valence-electron chi connectivity index (χ0n) is 12.1. The Morgan fingerprint density at radius 3 is 2.65 bits per heavy atom. The summed E-state index contributed by atoms with van der Waals surface area (Å²) in [5.41, 5.74) is 0.132. The summed E-state index contributed by atoms with van der Waals surface area (Å²) in [6.07, 6.45) is 2.07. The molecule has 1 aromatic rings. The van der Waals surface area contributed by atoms with Crippen molar-refractivity contribution in [3.05, 3.63) is 34.9 Å². The maximum Gasteiger partial charge on any atom is 0.182 e. The molecule has 2 rings (SSSR count). The normalized spacial score (nSPS) is 20.9. The first kappa shape index (κ1) is 15.5. The van der Waals surface area contributed by atoms with Crippen LogP contribution in [0, 0.1) is 5.92 Å². The van der Waals surface area contributed by atoms with Crippen molar-refractivity contribution in [1.29, 1.82) is 0 Å². The zero-order chi connectivity index (χ0) is 14.8. The van der Waals surface area contributed by atoms with E-state index in [0.29, 0.717) is 10.6 Å². The largest absolute Gasteiger partial charge is 0.396 e. The minimum atomic E-state index is -0.554. The number of carbonyl (C=O) groups is 1. The Bertz CT molecular complexity index is 470. The molecule has 0 bridgehead atoms. The van der Waals surface area contributed by atoms with Crippen molar-refractivity contribution in [3.8, 4) is 0 Å². The van der Waals surface area contributed by atoms with Gasteiger partial charge >= 0.3 is 0 Å². The molecule has 1 aliphatic heterocycles. The third kappa shape index (κ3) is 3.22. The van der Waals surface area contributed by atoms with E-state index in [-0.39, 0.29) is 18.3 Å². The lowest BCUT2D eigenvalue weighted by Crippen LogP contribution is -2.54. The third-order valence-electron chi connectivity index (χ3n) is 4.23. The maximum absolute atomic E-state index is 12.7. The lowest BCUT2D eigenvalue weighted by Gasteiger charge is -2.42. The Hall–Kier alpha value is -0.900. The van der Waals surface area contributed by atoms with Crippen LogP contribution in [0.4, 0.5) is 0 Å². The molecule has 0 spiro atoms. The molecule has 1 saturated heterocycles. The summed E-state index contributed by atoms with van der Waals surface area (Å²) in [7, 11) is 0. The highest BCUT2D eigenvalue weighted by molar-refractivity contribution is 6.30. The van der Waals surface area contributed by atoms with E-state index in [1.165, 1.54) is 0 Å². The second kappa shape index (κ2) is 6.25. The molecule has 0 amide bonds. The Morgan fingerprint density at radius 1 is 1.40 bits per heavy atom. The number of halogens is 1. The number of ketones is 1. The predicted octanol–water partition coefficient (Wildman–Crippen LogP) is 3.01. The second-order valence-electron chi connectivity index (χ2n) is 6.03. The fourth-order valence-corrected chi connectivity index (χ4v) is 2.95. The van der Waals surface area contributed by atoms with Crippen LogP contribution < -0.4 is 0 Å². The second-order valence-corrected chi connectivity index (χ2v) is 6.47. The van der Waals surface area contributed by atoms with Gasteiger partial charge in [-0.2, -0.15) is 0 Å². The summed E-state index contributed by atoms with van der Waals surface area (Å²) in [5.74, 6) is 0.383. The van der Waals surface area contributed by atoms with E-state index in [1.54, 1.807) is 24.3 Å². The van der Waals surface area contributed by atoms with Crippen molar-refractivity contribution < 1.29 is 9.90 Å². The number of Topliss-reactive ketones (excluding diaryl/α,β-unsaturated/α-hetero) is 1. The molecule has 3 nitrogen and oxygen atoms in total. The monoisotopic (exact) mass is 295 g/mol. The van der Waals surface area contributed by atoms with Crippen molar-refractivity contribution in [1.82, 2.24) is 4.90 Å². The third-order valence-corrected chi connectivity index (χ3v) is 4.48. The van der Waals surface area contributed by atoms with Gasteiger partial charge < -0.3 is 5.11 Å². The summed E-state index contributed by atoms with van der Waals surface area (Å²) in [5, 5.41) is 9.97. The van der Waals surface area contributed by atoms with Crippen LogP contribution in [0.1, 0.15) is 37.0 Å². The molecule has 0 aromatic heterocycles. The minimum Gasteiger partial charge on any atom is -0.396 e. The quantitative estimate of drug-likeness (QED) is 0.868. The maximum atomic E-state index is 12.7. The number of piperidine rings is 1. The van der Waals surface area contributed by atoms with E-state index < -0.39 is 5.54 Å². The molecule has 1 unspecified atom stereocenters. The lowest BCUT2D eigenvalue weighted by atomic mass is 9.87. The Morgan fingerprint density at radius 2 is 2.05 bits per heavy atom. The molecular weight excluding hydrogens is 274 g/mol. The van der Waals surface area contributed by atoms with Gasteiger partial charge in [-0.1, -0.05) is 11.6 Å². The summed E-state index contributed by atoms with van der Waals surface area (Å²) < 4.78 is 0. The average Bonchev–Trinajstić information content (AvgIpc) is 2.47. The highest BCUT2D eigenvalue weighted by atomic mass is 35.5. The van der Waals surface area contributed by atoms with Gasteiger partial charge in [0.15, 0.2) is 5.78 Å². The molecule has 20 heavy (non-hydrogen) atoms. The minimum absolute atomic E-state index is 0.104. The van der Waals surface area contributed by atoms with Crippen LogP contribution in [-0.2, 0) is 0 Å². The SMILES string of the molecule is CC(C)(C(=O)c1ccc(Cl)cc1)N1CCCC(CO)C1. The summed E-state index contributed by atoms with van der Waals surface area (Å²) in [6.45, 7) is 5.81. The number of carbonyl (C=O) groups excluding carboxylic acids is 1. The molecule has 1 heterocycles. The van der Waals surface area contributed by atoms with Crippen LogP contribution in [0.25, 0.3) is 0 Å². The van der Waals surface area contributed by atoms with Gasteiger partial charge in [-0.05, 0) is 63.4 Å². The number of rotatable bonds is 4. The molecule has 110 valence electrons. The predicted molar refractivity (Wildman–Crippen MR) is 81.2 cm³/mol. The topological polar surface area (TPSA) is 40.5 Å². The highest BCUT2D eigenvalue weighted by Crippen LogP contribution is 2.27. The number of likely N-dealkylation sites (tertiary alicyclic amines) is 1. The number of aliphatic hydroxyl groups is 1. The van der Waals surface area contributed by atoms with E-state index in [4.69, 9.17) is 11.6 Å². The van der Waals surface area contributed by atoms with E-state index in [1.807, 2.05) is 13.8 Å². The Labute approximate surface area is 125 Å². The zero-order valence-corrected chi connectivity index (χ0v) is 12.9. The van der Waals surface area contributed by atoms with Crippen molar-refractivity contribution in [2.75, 3.05) is 19.7 Å². The Kier molecular flexibility index (Phi) is 4.84. The summed E-state index contributed by atoms with van der Waals surface area (Å²) in [6, 6.07) is 7.05. The van der Waals surface area contributed by atoms with Gasteiger partial charge in [0.2, 0.25) is 0 Å². The van der Waals surface area contributed by atoms with Crippen LogP contribution in [0.3, 0.4) is 0 Å². The van der Waals surface area contributed by atoms with E-state index in [0.717, 1.165) is 25.9 Å². The first-order chi connectivity index (χ1) is 9.45. The van der Waals surface area contributed by atoms with Gasteiger partial charge in [-0.3, -0.25) is 9.69 Å². The molecule has 1 aromatic carbocycles. The molecule has 0 saturated carbocycles. The summed E-state index contributed by atoms with van der Waals surface area (Å²) >= 11 is 5.87. The molecule has 4 heteroatoms. The molecule has 0 radical (unpaired) electrons. The van der Waals surface area contributed by atoms with Crippen molar-refractivity contribution in [3.63, 3.8) is 0 Å². The van der Waals surface area contributed by atoms with E-state index >= 15 is 0 Å². The first-order valence-corrected chi connectivity index (χ1v) is 7.49. The van der Waals surface area contributed by atoms with E-state index in [2.05, 4.69) is 4.90 Å². The van der Waals surface area contributed by atoms with Crippen LogP contribution in [0.5, 0.6) is 0 Å². The standard InChI is InChI=1S/C16H22ClNO2/c1-16(2,18-9-3-4-12(10-18)11-19)15(20)13-5-7-14(17)8-6-13/h5-8,12,19H,3-4,9-11H2,1-2H3. The van der Waals surface area contributed by atoms with Crippen LogP contribution in [0.15, 0.2) is 24.3 Å². The first-order valence-electron chi connectivity index (χ1n) is 7.11. The smallest absolute Gasteiger partial charge is 0.182 e. The molecular formula is C16H22ClNO2. The Balaban J connectivity index is 2.16. The van der Waals surface area contributed by atoms with Gasteiger partial charge in [-0.25, -0.2) is 0 Å². The van der Waals surface area contributed by atoms with Gasteiger partial charge in [0, 0.05) is 23.7 Å². The molecule has 1 N–H and O–H groups in total. The molecule has 1 fully saturated rings. The van der Waals surface area contributed by atoms with E-state index in [9.17, 15) is 9.90 Å². The fraction of sp³-hybridized carbons (Fsp3) is 0.562. The number of nitrogens with zero attached hydrogens (tertiary/aromatic N) is 1. The van der Waals surface area contributed by atoms with Crippen LogP contribution >= 0.6 is 11.6 Å². The van der Waals surface area contributed by atoms with Gasteiger partial charge in [0.1, 0.15) is 0 Å². The van der Waals surface area contributed by atoms with Crippen LogP contribution in [-0.4, -0.2) is 41.0 Å². The molecule has 0 aliphatic carbocycles. The molecule has 1 aliphatic rings. The lowest BCUT2D eigenvalue weighted by molar-refractivity contribution is 0.0382. The number of hydrogen-bond acceptors (Lipinski definition) is 3. The number of benzene rings is 1. The number of hydrogen-bond donors (Lipinski definition) is 1. The van der Waals surface area contributed by atoms with Crippen LogP contribution in [0.2, 0.25) is 5.02 Å². The fourth-order valence-electron chi connectivity index (χ4n) is 2.82. The van der Waals surface area contributed by atoms with Gasteiger partial charge in [0.05, 0.1) is 5.54 Å². The van der Waals surface area contributed by atoms with Crippen molar-refractivity contribution in [2.45, 2.75) is 32.2 Å². The highest BCUT2D eigenvalue weighted by Gasteiger charge is 2.37. The number of aliphatic hydroxyl groups excluding tert-OH is 1. The summed E-state index contributed by atoms with van der Waals surface area (Å²) in [4.78, 5) is 14.9. The van der Waals surface area contributed by atoms with Gasteiger partial charge in [0.25, 0.3) is 0 Å². The molecule has 1 atom stereocenters. The average molecular weight is 296 g/mol. The van der Waals surface area contributed by atoms with Crippen molar-refractivity contribution >= 4 is 17.4 Å².